The molecule has 25 heavy (non-hydrogen) atoms. The predicted molar refractivity (Wildman–Crippen MR) is 101 cm³/mol. The molecule has 132 valence electrons. The molecule has 1 aliphatic heterocycles. The van der Waals surface area contributed by atoms with E-state index in [1.165, 1.54) is 22.4 Å². The van der Waals surface area contributed by atoms with Crippen molar-refractivity contribution >= 4 is 17.2 Å². The fraction of sp³-hybridized carbons (Fsp3) is 0.500. The molecular weight excluding hydrogens is 330 g/mol. The van der Waals surface area contributed by atoms with E-state index in [4.69, 9.17) is 0 Å². The third-order valence-electron chi connectivity index (χ3n) is 5.45. The molecule has 0 N–H and O–H groups in total. The monoisotopic (exact) mass is 355 g/mol. The summed E-state index contributed by atoms with van der Waals surface area (Å²) in [6.07, 6.45) is 7.12. The maximum absolute atomic E-state index is 13.0. The molecule has 2 aromatic heterocycles. The highest BCUT2D eigenvalue weighted by Gasteiger charge is 2.28. The zero-order valence-corrected chi connectivity index (χ0v) is 15.6. The van der Waals surface area contributed by atoms with E-state index in [1.807, 2.05) is 17.3 Å². The lowest BCUT2D eigenvalue weighted by atomic mass is 9.88. The van der Waals surface area contributed by atoms with Gasteiger partial charge in [-0.15, -0.1) is 11.3 Å². The molecule has 0 bridgehead atoms. The van der Waals surface area contributed by atoms with Crippen molar-refractivity contribution in [2.75, 3.05) is 26.2 Å². The smallest absolute Gasteiger partial charge is 0.255 e. The van der Waals surface area contributed by atoms with Gasteiger partial charge in [0.15, 0.2) is 0 Å². The molecule has 3 heterocycles. The summed E-state index contributed by atoms with van der Waals surface area (Å²) >= 11 is 1.79. The molecule has 1 saturated heterocycles. The first kappa shape index (κ1) is 16.7. The van der Waals surface area contributed by atoms with Gasteiger partial charge in [0.1, 0.15) is 0 Å². The van der Waals surface area contributed by atoms with E-state index < -0.39 is 0 Å². The van der Waals surface area contributed by atoms with Gasteiger partial charge in [-0.3, -0.25) is 14.7 Å². The van der Waals surface area contributed by atoms with E-state index in [0.29, 0.717) is 0 Å². The topological polar surface area (TPSA) is 36.4 Å². The van der Waals surface area contributed by atoms with Crippen molar-refractivity contribution in [3.63, 3.8) is 0 Å². The second-order valence-corrected chi connectivity index (χ2v) is 8.29. The third-order valence-corrected chi connectivity index (χ3v) is 6.50. The minimum absolute atomic E-state index is 0.246. The number of aromatic nitrogens is 1. The van der Waals surface area contributed by atoms with Gasteiger partial charge in [0.05, 0.1) is 5.56 Å². The molecule has 2 aromatic rings. The minimum atomic E-state index is 0.246. The molecule has 1 fully saturated rings. The average molecular weight is 356 g/mol. The molecule has 5 heteroatoms. The Balaban J connectivity index is 1.37. The Morgan fingerprint density at radius 3 is 2.76 bits per heavy atom. The van der Waals surface area contributed by atoms with Crippen molar-refractivity contribution in [2.45, 2.75) is 32.7 Å². The van der Waals surface area contributed by atoms with Gasteiger partial charge in [-0.25, -0.2) is 0 Å². The maximum atomic E-state index is 13.0. The van der Waals surface area contributed by atoms with Gasteiger partial charge in [-0.1, -0.05) is 6.92 Å². The molecular formula is C20H25N3OS. The Hall–Kier alpha value is -1.72. The summed E-state index contributed by atoms with van der Waals surface area (Å²) in [6.45, 7) is 6.78. The Bertz CT molecular complexity index is 735. The summed E-state index contributed by atoms with van der Waals surface area (Å²) < 4.78 is 0. The van der Waals surface area contributed by atoms with E-state index in [1.54, 1.807) is 11.3 Å². The number of rotatable bonds is 3. The summed E-state index contributed by atoms with van der Waals surface area (Å²) in [5.41, 5.74) is 3.61. The van der Waals surface area contributed by atoms with E-state index in [0.717, 1.165) is 57.0 Å². The summed E-state index contributed by atoms with van der Waals surface area (Å²) in [5, 5.41) is 2.11. The zero-order chi connectivity index (χ0) is 17.2. The molecule has 1 atom stereocenters. The standard InChI is InChI=1S/C20H25N3OS/c1-15-2-3-17-18(14-25-19(17)12-15)20(24)23-10-8-22(9-11-23)13-16-4-6-21-7-5-16/h4-7,14-15H,2-3,8-13H2,1H3. The van der Waals surface area contributed by atoms with Gasteiger partial charge in [0.2, 0.25) is 0 Å². The number of carbonyl (C=O) groups is 1. The predicted octanol–water partition coefficient (Wildman–Crippen LogP) is 3.23. The van der Waals surface area contributed by atoms with Gasteiger partial charge >= 0.3 is 0 Å². The maximum Gasteiger partial charge on any atom is 0.255 e. The van der Waals surface area contributed by atoms with Crippen LogP contribution in [0.4, 0.5) is 0 Å². The van der Waals surface area contributed by atoms with Gasteiger partial charge in [0.25, 0.3) is 5.91 Å². The molecule has 1 unspecified atom stereocenters. The number of amides is 1. The first-order valence-corrected chi connectivity index (χ1v) is 10.1. The quantitative estimate of drug-likeness (QED) is 0.848. The van der Waals surface area contributed by atoms with E-state index >= 15 is 0 Å². The lowest BCUT2D eigenvalue weighted by molar-refractivity contribution is 0.0627. The molecule has 0 radical (unpaired) electrons. The summed E-state index contributed by atoms with van der Waals surface area (Å²) in [5.74, 6) is 1.00. The number of fused-ring (bicyclic) bond motifs is 1. The van der Waals surface area contributed by atoms with Crippen LogP contribution in [-0.2, 0) is 19.4 Å². The van der Waals surface area contributed by atoms with Crippen LogP contribution in [0.2, 0.25) is 0 Å². The van der Waals surface area contributed by atoms with Crippen molar-refractivity contribution in [3.05, 3.63) is 51.5 Å². The molecule has 1 amide bonds. The lowest BCUT2D eigenvalue weighted by Gasteiger charge is -2.35. The van der Waals surface area contributed by atoms with E-state index in [9.17, 15) is 4.79 Å². The number of thiophene rings is 1. The highest BCUT2D eigenvalue weighted by atomic mass is 32.1. The van der Waals surface area contributed by atoms with Crippen LogP contribution in [0.5, 0.6) is 0 Å². The Morgan fingerprint density at radius 1 is 1.24 bits per heavy atom. The van der Waals surface area contributed by atoms with Gasteiger partial charge in [-0.2, -0.15) is 0 Å². The average Bonchev–Trinajstić information content (AvgIpc) is 3.05. The summed E-state index contributed by atoms with van der Waals surface area (Å²) in [6, 6.07) is 4.13. The molecule has 1 aliphatic carbocycles. The first-order valence-electron chi connectivity index (χ1n) is 9.20. The summed E-state index contributed by atoms with van der Waals surface area (Å²) in [4.78, 5) is 23.0. The second-order valence-electron chi connectivity index (χ2n) is 7.32. The zero-order valence-electron chi connectivity index (χ0n) is 14.8. The fourth-order valence-corrected chi connectivity index (χ4v) is 5.12. The van der Waals surface area contributed by atoms with Crippen molar-refractivity contribution in [1.29, 1.82) is 0 Å². The van der Waals surface area contributed by atoms with E-state index in [2.05, 4.69) is 34.3 Å². The van der Waals surface area contributed by atoms with Crippen LogP contribution in [-0.4, -0.2) is 46.9 Å². The number of hydrogen-bond acceptors (Lipinski definition) is 4. The van der Waals surface area contributed by atoms with E-state index in [-0.39, 0.29) is 5.91 Å². The Kier molecular flexibility index (Phi) is 4.86. The SMILES string of the molecule is CC1CCc2c(C(=O)N3CCN(Cc4ccncc4)CC3)csc2C1. The van der Waals surface area contributed by atoms with Crippen LogP contribution >= 0.6 is 11.3 Å². The molecule has 4 nitrogen and oxygen atoms in total. The van der Waals surface area contributed by atoms with Crippen LogP contribution in [0, 0.1) is 5.92 Å². The number of carbonyl (C=O) groups excluding carboxylic acids is 1. The Labute approximate surface area is 153 Å². The lowest BCUT2D eigenvalue weighted by Crippen LogP contribution is -2.48. The molecule has 0 aromatic carbocycles. The highest BCUT2D eigenvalue weighted by Crippen LogP contribution is 2.33. The van der Waals surface area contributed by atoms with Crippen LogP contribution in [0.1, 0.15) is 39.7 Å². The number of nitrogens with zero attached hydrogens (tertiary/aromatic N) is 3. The number of pyridine rings is 1. The van der Waals surface area contributed by atoms with Crippen molar-refractivity contribution in [3.8, 4) is 0 Å². The van der Waals surface area contributed by atoms with Crippen molar-refractivity contribution in [1.82, 2.24) is 14.8 Å². The first-order chi connectivity index (χ1) is 12.2. The normalized spacial score (nSPS) is 21.2. The molecule has 4 rings (SSSR count). The van der Waals surface area contributed by atoms with Crippen molar-refractivity contribution < 1.29 is 4.79 Å². The van der Waals surface area contributed by atoms with Crippen LogP contribution in [0.3, 0.4) is 0 Å². The van der Waals surface area contributed by atoms with Gasteiger partial charge in [-0.05, 0) is 48.4 Å². The largest absolute Gasteiger partial charge is 0.336 e. The Morgan fingerprint density at radius 2 is 2.00 bits per heavy atom. The van der Waals surface area contributed by atoms with Crippen LogP contribution < -0.4 is 0 Å². The minimum Gasteiger partial charge on any atom is -0.336 e. The molecule has 0 saturated carbocycles. The van der Waals surface area contributed by atoms with Gasteiger partial charge < -0.3 is 4.90 Å². The third kappa shape index (κ3) is 3.62. The molecule has 2 aliphatic rings. The van der Waals surface area contributed by atoms with Crippen LogP contribution in [0.15, 0.2) is 29.9 Å². The molecule has 0 spiro atoms. The van der Waals surface area contributed by atoms with Gasteiger partial charge in [0, 0.05) is 55.4 Å². The summed E-state index contributed by atoms with van der Waals surface area (Å²) in [7, 11) is 0. The fourth-order valence-electron chi connectivity index (χ4n) is 3.88. The van der Waals surface area contributed by atoms with Crippen molar-refractivity contribution in [2.24, 2.45) is 5.92 Å². The highest BCUT2D eigenvalue weighted by molar-refractivity contribution is 7.10. The second kappa shape index (κ2) is 7.26. The number of hydrogen-bond donors (Lipinski definition) is 0. The van der Waals surface area contributed by atoms with Crippen LogP contribution in [0.25, 0.3) is 0 Å². The number of piperazine rings is 1.